The fourth-order valence-corrected chi connectivity index (χ4v) is 3.38. The van der Waals surface area contributed by atoms with Crippen LogP contribution in [0.5, 0.6) is 0 Å². The minimum Gasteiger partial charge on any atom is -0.369 e. The van der Waals surface area contributed by atoms with E-state index < -0.39 is 0 Å². The Morgan fingerprint density at radius 1 is 0.862 bits per heavy atom. The van der Waals surface area contributed by atoms with Crippen LogP contribution in [-0.4, -0.2) is 34.3 Å². The van der Waals surface area contributed by atoms with Crippen molar-refractivity contribution in [2.24, 2.45) is 0 Å². The maximum absolute atomic E-state index is 12.7. The third kappa shape index (κ3) is 2.52. The first-order valence-electron chi connectivity index (χ1n) is 8.53. The monoisotopic (exact) mass is 386 g/mol. The van der Waals surface area contributed by atoms with Crippen molar-refractivity contribution in [2.45, 2.75) is 0 Å². The molecule has 7 N–H and O–H groups in total. The molecule has 11 heteroatoms. The number of rotatable bonds is 2. The first-order valence-corrected chi connectivity index (χ1v) is 8.53. The van der Waals surface area contributed by atoms with Crippen molar-refractivity contribution in [3.63, 3.8) is 0 Å². The Balaban J connectivity index is 1.96. The summed E-state index contributed by atoms with van der Waals surface area (Å²) in [6, 6.07) is 6.55. The van der Waals surface area contributed by atoms with Crippen LogP contribution >= 0.6 is 0 Å². The summed E-state index contributed by atoms with van der Waals surface area (Å²) in [4.78, 5) is 36.6. The number of hydrogen-bond acceptors (Lipinski definition) is 9. The second kappa shape index (κ2) is 5.99. The van der Waals surface area contributed by atoms with Crippen molar-refractivity contribution in [3.05, 3.63) is 53.1 Å². The molecule has 0 aliphatic rings. The summed E-state index contributed by atoms with van der Waals surface area (Å²) < 4.78 is 1.65. The van der Waals surface area contributed by atoms with E-state index in [4.69, 9.17) is 17.2 Å². The van der Waals surface area contributed by atoms with E-state index in [-0.39, 0.29) is 23.3 Å². The van der Waals surface area contributed by atoms with Crippen molar-refractivity contribution in [2.75, 3.05) is 17.2 Å². The number of H-pyrrole nitrogens is 1. The minimum absolute atomic E-state index is 0.0909. The Hall–Kier alpha value is -4.54. The van der Waals surface area contributed by atoms with Gasteiger partial charge in [-0.05, 0) is 18.2 Å². The van der Waals surface area contributed by atoms with Crippen molar-refractivity contribution >= 4 is 34.4 Å². The zero-order chi connectivity index (χ0) is 20.1. The zero-order valence-electron chi connectivity index (χ0n) is 14.9. The van der Waals surface area contributed by atoms with Gasteiger partial charge in [-0.2, -0.15) is 0 Å². The van der Waals surface area contributed by atoms with Crippen LogP contribution in [0.15, 0.2) is 47.7 Å². The molecule has 0 saturated heterocycles. The Kier molecular flexibility index (Phi) is 3.43. The smallest absolute Gasteiger partial charge is 0.220 e. The number of fused-ring (bicyclic) bond motifs is 3. The van der Waals surface area contributed by atoms with Crippen LogP contribution in [-0.2, 0) is 0 Å². The van der Waals surface area contributed by atoms with Gasteiger partial charge in [0.2, 0.25) is 17.8 Å². The van der Waals surface area contributed by atoms with Gasteiger partial charge < -0.3 is 22.2 Å². The van der Waals surface area contributed by atoms with E-state index >= 15 is 0 Å². The van der Waals surface area contributed by atoms with Gasteiger partial charge >= 0.3 is 0 Å². The highest BCUT2D eigenvalue weighted by atomic mass is 16.1. The van der Waals surface area contributed by atoms with Gasteiger partial charge in [0.25, 0.3) is 0 Å². The van der Waals surface area contributed by atoms with Gasteiger partial charge in [-0.25, -0.2) is 24.9 Å². The summed E-state index contributed by atoms with van der Waals surface area (Å²) in [5.41, 5.74) is 20.7. The summed E-state index contributed by atoms with van der Waals surface area (Å²) in [7, 11) is 0. The van der Waals surface area contributed by atoms with Crippen molar-refractivity contribution < 1.29 is 0 Å². The molecule has 5 aromatic rings. The van der Waals surface area contributed by atoms with E-state index in [1.165, 1.54) is 18.5 Å². The summed E-state index contributed by atoms with van der Waals surface area (Å²) in [5, 5.41) is 0.415. The van der Waals surface area contributed by atoms with Gasteiger partial charge in [-0.15, -0.1) is 0 Å². The first-order chi connectivity index (χ1) is 14.0. The highest BCUT2D eigenvalue weighted by molar-refractivity contribution is 6.04. The zero-order valence-corrected chi connectivity index (χ0v) is 14.9. The Morgan fingerprint density at radius 3 is 2.28 bits per heavy atom. The average molecular weight is 386 g/mol. The van der Waals surface area contributed by atoms with Crippen LogP contribution in [0.3, 0.4) is 0 Å². The van der Waals surface area contributed by atoms with Gasteiger partial charge in [-0.1, -0.05) is 0 Å². The highest BCUT2D eigenvalue weighted by Gasteiger charge is 2.21. The number of pyridine rings is 1. The molecule has 0 fully saturated rings. The molecular formula is C18H14N10O. The molecule has 142 valence electrons. The fraction of sp³-hybridized carbons (Fsp3) is 0. The van der Waals surface area contributed by atoms with E-state index in [1.54, 1.807) is 28.8 Å². The van der Waals surface area contributed by atoms with Crippen LogP contribution in [0.1, 0.15) is 0 Å². The minimum atomic E-state index is -0.193. The molecule has 29 heavy (non-hydrogen) atoms. The van der Waals surface area contributed by atoms with Crippen molar-refractivity contribution in [3.8, 4) is 22.6 Å². The van der Waals surface area contributed by atoms with Crippen LogP contribution < -0.4 is 22.6 Å². The molecule has 0 atom stereocenters. The number of nitrogens with two attached hydrogens (primary N) is 3. The van der Waals surface area contributed by atoms with Gasteiger partial charge in [0.05, 0.1) is 28.0 Å². The lowest BCUT2D eigenvalue weighted by atomic mass is 10.1. The van der Waals surface area contributed by atoms with Crippen LogP contribution in [0.4, 0.5) is 17.8 Å². The quantitative estimate of drug-likeness (QED) is 0.342. The van der Waals surface area contributed by atoms with E-state index in [0.717, 1.165) is 0 Å². The number of nitrogens with zero attached hydrogens (tertiary/aromatic N) is 6. The second-order valence-corrected chi connectivity index (χ2v) is 6.26. The molecule has 0 aliphatic heterocycles. The predicted octanol–water partition coefficient (Wildman–Crippen LogP) is 0.836. The third-order valence-electron chi connectivity index (χ3n) is 4.51. The lowest BCUT2D eigenvalue weighted by Gasteiger charge is -2.07. The average Bonchev–Trinajstić information content (AvgIpc) is 3.04. The molecule has 11 nitrogen and oxygen atoms in total. The summed E-state index contributed by atoms with van der Waals surface area (Å²) in [6.07, 6.45) is 4.61. The molecule has 0 aliphatic carbocycles. The molecular weight excluding hydrogens is 372 g/mol. The molecule has 0 spiro atoms. The third-order valence-corrected chi connectivity index (χ3v) is 4.51. The van der Waals surface area contributed by atoms with Crippen molar-refractivity contribution in [1.29, 1.82) is 0 Å². The molecule has 0 unspecified atom stereocenters. The van der Waals surface area contributed by atoms with Gasteiger partial charge in [0.15, 0.2) is 5.43 Å². The Bertz CT molecular complexity index is 1470. The number of nitrogen functional groups attached to an aromatic ring is 3. The SMILES string of the molecule is Nc1nccc(-c2cc3c(-c4ccnc(N)n4)c4c(=O)cc[nH]c4n3c(N)n2)n1. The molecule has 5 rings (SSSR count). The first kappa shape index (κ1) is 16.6. The van der Waals surface area contributed by atoms with Gasteiger partial charge in [0.1, 0.15) is 5.65 Å². The second-order valence-electron chi connectivity index (χ2n) is 6.26. The maximum atomic E-state index is 12.7. The van der Waals surface area contributed by atoms with Crippen molar-refractivity contribution in [1.82, 2.24) is 34.3 Å². The Morgan fingerprint density at radius 2 is 1.55 bits per heavy atom. The van der Waals surface area contributed by atoms with Gasteiger partial charge in [0, 0.05) is 30.2 Å². The molecule has 0 radical (unpaired) electrons. The van der Waals surface area contributed by atoms with E-state index in [1.807, 2.05) is 0 Å². The summed E-state index contributed by atoms with van der Waals surface area (Å²) >= 11 is 0. The van der Waals surface area contributed by atoms with Crippen LogP contribution in [0.25, 0.3) is 39.2 Å². The molecule has 0 aromatic carbocycles. The number of nitrogens with one attached hydrogen (secondary N) is 1. The molecule has 0 saturated carbocycles. The van der Waals surface area contributed by atoms with E-state index in [2.05, 4.69) is 29.9 Å². The molecule has 5 aromatic heterocycles. The number of aromatic amines is 1. The normalized spacial score (nSPS) is 11.3. The predicted molar refractivity (Wildman–Crippen MR) is 109 cm³/mol. The van der Waals surface area contributed by atoms with Gasteiger partial charge in [-0.3, -0.25) is 9.20 Å². The van der Waals surface area contributed by atoms with Crippen LogP contribution in [0.2, 0.25) is 0 Å². The van der Waals surface area contributed by atoms with E-state index in [0.29, 0.717) is 39.2 Å². The molecule has 0 amide bonds. The summed E-state index contributed by atoms with van der Waals surface area (Å²) in [5.74, 6) is 0.366. The molecule has 5 heterocycles. The maximum Gasteiger partial charge on any atom is 0.220 e. The standard InChI is InChI=1S/C18H14N10O/c19-16-23-4-1-8(25-16)10-7-11-13(9-2-5-24-17(20)26-9)14-12(29)3-6-22-15(14)28(11)18(21)27-10/h1-7H,(H2,21,27)(H,22,29)(H2,19,23,25)(H2,20,24,26). The van der Waals surface area contributed by atoms with E-state index in [9.17, 15) is 4.79 Å². The number of hydrogen-bond donors (Lipinski definition) is 4. The Labute approximate surface area is 162 Å². The lowest BCUT2D eigenvalue weighted by Crippen LogP contribution is -2.04. The molecule has 0 bridgehead atoms. The topological polar surface area (TPSA) is 180 Å². The highest BCUT2D eigenvalue weighted by Crippen LogP contribution is 2.34. The summed E-state index contributed by atoms with van der Waals surface area (Å²) in [6.45, 7) is 0. The largest absolute Gasteiger partial charge is 0.369 e. The van der Waals surface area contributed by atoms with Crippen LogP contribution in [0, 0.1) is 0 Å². The lowest BCUT2D eigenvalue weighted by molar-refractivity contribution is 1.11. The number of aromatic nitrogens is 7. The number of anilines is 3. The fourth-order valence-electron chi connectivity index (χ4n) is 3.38.